The Morgan fingerprint density at radius 2 is 2.41 bits per heavy atom. The maximum atomic E-state index is 10.5. The minimum atomic E-state index is -0.490. The molecule has 0 aliphatic rings. The molecule has 0 spiro atoms. The average molecular weight is 298 g/mol. The summed E-state index contributed by atoms with van der Waals surface area (Å²) in [4.78, 5) is 14.0. The minimum Gasteiger partial charge on any atom is -0.364 e. The molecule has 2 aromatic rings. The highest BCUT2D eigenvalue weighted by molar-refractivity contribution is 9.10. The molecule has 0 fully saturated rings. The first-order chi connectivity index (χ1) is 8.16. The fourth-order valence-electron chi connectivity index (χ4n) is 1.22. The first-order valence-electron chi connectivity index (χ1n) is 4.69. The number of anilines is 1. The summed E-state index contributed by atoms with van der Waals surface area (Å²) in [6, 6.07) is 3.23. The molecule has 2 heterocycles. The number of aromatic amines is 1. The van der Waals surface area contributed by atoms with Crippen LogP contribution in [0.1, 0.15) is 5.69 Å². The zero-order valence-electron chi connectivity index (χ0n) is 8.55. The van der Waals surface area contributed by atoms with E-state index in [0.717, 1.165) is 5.69 Å². The lowest BCUT2D eigenvalue weighted by Gasteiger charge is -2.05. The van der Waals surface area contributed by atoms with Crippen LogP contribution in [0.15, 0.2) is 29.0 Å². The molecule has 17 heavy (non-hydrogen) atoms. The van der Waals surface area contributed by atoms with Gasteiger partial charge in [-0.15, -0.1) is 0 Å². The maximum Gasteiger partial charge on any atom is 0.288 e. The van der Waals surface area contributed by atoms with Crippen molar-refractivity contribution in [2.45, 2.75) is 6.54 Å². The average Bonchev–Trinajstić information content (AvgIpc) is 2.80. The van der Waals surface area contributed by atoms with Crippen LogP contribution in [0.25, 0.3) is 0 Å². The van der Waals surface area contributed by atoms with E-state index in [1.54, 1.807) is 6.20 Å². The van der Waals surface area contributed by atoms with Crippen molar-refractivity contribution in [1.29, 1.82) is 0 Å². The van der Waals surface area contributed by atoms with Crippen LogP contribution < -0.4 is 5.32 Å². The predicted octanol–water partition coefficient (Wildman–Crippen LogP) is 2.09. The third-order valence-electron chi connectivity index (χ3n) is 2.04. The van der Waals surface area contributed by atoms with Crippen molar-refractivity contribution in [2.75, 3.05) is 5.32 Å². The Morgan fingerprint density at radius 1 is 1.59 bits per heavy atom. The Hall–Kier alpha value is -1.96. The molecule has 7 nitrogen and oxygen atoms in total. The zero-order valence-corrected chi connectivity index (χ0v) is 10.1. The summed E-state index contributed by atoms with van der Waals surface area (Å²) in [7, 11) is 0. The molecule has 88 valence electrons. The molecule has 2 aromatic heterocycles. The van der Waals surface area contributed by atoms with Gasteiger partial charge in [0.1, 0.15) is 12.0 Å². The number of nitrogens with one attached hydrogen (secondary N) is 2. The highest BCUT2D eigenvalue weighted by Crippen LogP contribution is 2.24. The van der Waals surface area contributed by atoms with Crippen LogP contribution >= 0.6 is 15.9 Å². The lowest BCUT2D eigenvalue weighted by Crippen LogP contribution is -2.03. The van der Waals surface area contributed by atoms with Crippen LogP contribution in [0, 0.1) is 10.1 Å². The number of hydrogen-bond donors (Lipinski definition) is 2. The molecule has 0 amide bonds. The Morgan fingerprint density at radius 3 is 3.00 bits per heavy atom. The Balaban J connectivity index is 2.09. The van der Waals surface area contributed by atoms with Gasteiger partial charge < -0.3 is 5.32 Å². The summed E-state index contributed by atoms with van der Waals surface area (Å²) in [6.07, 6.45) is 2.86. The van der Waals surface area contributed by atoms with Crippen molar-refractivity contribution in [3.63, 3.8) is 0 Å². The Kier molecular flexibility index (Phi) is 3.33. The molecule has 0 bridgehead atoms. The van der Waals surface area contributed by atoms with Crippen molar-refractivity contribution in [3.8, 4) is 0 Å². The van der Waals surface area contributed by atoms with E-state index in [9.17, 15) is 10.1 Å². The number of aromatic nitrogens is 3. The van der Waals surface area contributed by atoms with Gasteiger partial charge in [0.2, 0.25) is 0 Å². The number of pyridine rings is 1. The van der Waals surface area contributed by atoms with Crippen molar-refractivity contribution < 1.29 is 4.92 Å². The van der Waals surface area contributed by atoms with Gasteiger partial charge in [-0.25, -0.2) is 4.98 Å². The van der Waals surface area contributed by atoms with Crippen molar-refractivity contribution in [3.05, 3.63) is 44.8 Å². The smallest absolute Gasteiger partial charge is 0.288 e. The number of rotatable bonds is 4. The van der Waals surface area contributed by atoms with Crippen LogP contribution in [0.4, 0.5) is 11.5 Å². The van der Waals surface area contributed by atoms with E-state index >= 15 is 0 Å². The molecular weight excluding hydrogens is 290 g/mol. The largest absolute Gasteiger partial charge is 0.364 e. The van der Waals surface area contributed by atoms with E-state index in [-0.39, 0.29) is 5.69 Å². The Labute approximate surface area is 105 Å². The van der Waals surface area contributed by atoms with E-state index in [1.807, 2.05) is 6.07 Å². The lowest BCUT2D eigenvalue weighted by molar-refractivity contribution is -0.385. The van der Waals surface area contributed by atoms with Crippen molar-refractivity contribution >= 4 is 27.4 Å². The fourth-order valence-corrected chi connectivity index (χ4v) is 1.70. The normalized spacial score (nSPS) is 10.2. The van der Waals surface area contributed by atoms with Gasteiger partial charge in [-0.1, -0.05) is 0 Å². The van der Waals surface area contributed by atoms with Gasteiger partial charge in [0.15, 0.2) is 0 Å². The van der Waals surface area contributed by atoms with Crippen molar-refractivity contribution in [1.82, 2.24) is 15.2 Å². The number of hydrogen-bond acceptors (Lipinski definition) is 5. The molecular formula is C9H8BrN5O2. The molecule has 0 radical (unpaired) electrons. The van der Waals surface area contributed by atoms with E-state index in [4.69, 9.17) is 0 Å². The minimum absolute atomic E-state index is 0.0519. The number of H-pyrrole nitrogens is 1. The molecule has 0 saturated heterocycles. The molecule has 8 heteroatoms. The molecule has 0 atom stereocenters. The van der Waals surface area contributed by atoms with Gasteiger partial charge in [0, 0.05) is 12.3 Å². The summed E-state index contributed by atoms with van der Waals surface area (Å²) < 4.78 is 0.547. The second-order valence-corrected chi connectivity index (χ2v) is 4.07. The number of nitrogens with zero attached hydrogens (tertiary/aromatic N) is 3. The van der Waals surface area contributed by atoms with Gasteiger partial charge in [0.05, 0.1) is 21.6 Å². The fraction of sp³-hybridized carbons (Fsp3) is 0.111. The maximum absolute atomic E-state index is 10.5. The van der Waals surface area contributed by atoms with Crippen LogP contribution in [-0.2, 0) is 6.54 Å². The number of nitro groups is 1. The van der Waals surface area contributed by atoms with Crippen molar-refractivity contribution in [2.24, 2.45) is 0 Å². The highest BCUT2D eigenvalue weighted by Gasteiger charge is 2.10. The summed E-state index contributed by atoms with van der Waals surface area (Å²) >= 11 is 3.22. The SMILES string of the molecule is O=[N+]([O-])c1cnc(NCc2ccn[nH]2)c(Br)c1. The summed E-state index contributed by atoms with van der Waals surface area (Å²) in [5.41, 5.74) is 0.848. The summed E-state index contributed by atoms with van der Waals surface area (Å²) in [5.74, 6) is 0.546. The molecule has 2 N–H and O–H groups in total. The summed E-state index contributed by atoms with van der Waals surface area (Å²) in [5, 5.41) is 20.2. The topological polar surface area (TPSA) is 96.7 Å². The van der Waals surface area contributed by atoms with Crippen LogP contribution in [0.5, 0.6) is 0 Å². The predicted molar refractivity (Wildman–Crippen MR) is 64.5 cm³/mol. The second-order valence-electron chi connectivity index (χ2n) is 3.22. The molecule has 2 rings (SSSR count). The van der Waals surface area contributed by atoms with Crippen LogP contribution in [-0.4, -0.2) is 20.1 Å². The lowest BCUT2D eigenvalue weighted by atomic mass is 10.4. The molecule has 0 saturated carbocycles. The quantitative estimate of drug-likeness (QED) is 0.665. The molecule has 0 aliphatic heterocycles. The molecule has 0 aliphatic carbocycles. The van der Waals surface area contributed by atoms with E-state index < -0.39 is 4.92 Å². The zero-order chi connectivity index (χ0) is 12.3. The van der Waals surface area contributed by atoms with Gasteiger partial charge in [-0.05, 0) is 22.0 Å². The van der Waals surface area contributed by atoms with Gasteiger partial charge in [0.25, 0.3) is 5.69 Å². The van der Waals surface area contributed by atoms with E-state index in [2.05, 4.69) is 36.4 Å². The van der Waals surface area contributed by atoms with Gasteiger partial charge in [-0.3, -0.25) is 15.2 Å². The summed E-state index contributed by atoms with van der Waals surface area (Å²) in [6.45, 7) is 0.517. The second kappa shape index (κ2) is 4.91. The first-order valence-corrected chi connectivity index (χ1v) is 5.48. The number of halogens is 1. The van der Waals surface area contributed by atoms with E-state index in [1.165, 1.54) is 12.3 Å². The standard InChI is InChI=1S/C9H8BrN5O2/c10-8-3-7(15(16)17)5-12-9(8)11-4-6-1-2-13-14-6/h1-3,5H,4H2,(H,11,12)(H,13,14). The highest BCUT2D eigenvalue weighted by atomic mass is 79.9. The third kappa shape index (κ3) is 2.78. The molecule has 0 aromatic carbocycles. The van der Waals surface area contributed by atoms with E-state index in [0.29, 0.717) is 16.8 Å². The van der Waals surface area contributed by atoms with Crippen LogP contribution in [0.3, 0.4) is 0 Å². The monoisotopic (exact) mass is 297 g/mol. The van der Waals surface area contributed by atoms with Gasteiger partial charge in [-0.2, -0.15) is 5.10 Å². The Bertz CT molecular complexity index is 528. The third-order valence-corrected chi connectivity index (χ3v) is 2.65. The first kappa shape index (κ1) is 11.5. The molecule has 0 unspecified atom stereocenters. The van der Waals surface area contributed by atoms with Gasteiger partial charge >= 0.3 is 0 Å². The van der Waals surface area contributed by atoms with Crippen LogP contribution in [0.2, 0.25) is 0 Å².